The predicted molar refractivity (Wildman–Crippen MR) is 74.3 cm³/mol. The second kappa shape index (κ2) is 6.05. The lowest BCUT2D eigenvalue weighted by Gasteiger charge is -2.35. The van der Waals surface area contributed by atoms with Crippen LogP contribution in [0.2, 0.25) is 0 Å². The molecule has 0 aromatic carbocycles. The Morgan fingerprint density at radius 3 is 2.50 bits per heavy atom. The van der Waals surface area contributed by atoms with Gasteiger partial charge in [-0.1, -0.05) is 20.8 Å². The van der Waals surface area contributed by atoms with Gasteiger partial charge in [-0.2, -0.15) is 0 Å². The van der Waals surface area contributed by atoms with Crippen molar-refractivity contribution < 1.29 is 4.79 Å². The summed E-state index contributed by atoms with van der Waals surface area (Å²) in [5, 5.41) is 6.63. The lowest BCUT2D eigenvalue weighted by atomic mass is 9.79. The quantitative estimate of drug-likeness (QED) is 0.792. The third-order valence-corrected chi connectivity index (χ3v) is 5.00. The van der Waals surface area contributed by atoms with Crippen LogP contribution in [0.15, 0.2) is 0 Å². The molecule has 3 nitrogen and oxygen atoms in total. The Labute approximate surface area is 111 Å². The van der Waals surface area contributed by atoms with Crippen molar-refractivity contribution in [3.8, 4) is 0 Å². The van der Waals surface area contributed by atoms with Crippen molar-refractivity contribution in [3.05, 3.63) is 0 Å². The van der Waals surface area contributed by atoms with E-state index in [1.807, 2.05) is 0 Å². The Morgan fingerprint density at radius 2 is 1.83 bits per heavy atom. The number of carbonyl (C=O) groups excluding carboxylic acids is 1. The zero-order valence-corrected chi connectivity index (χ0v) is 12.0. The second-order valence-corrected chi connectivity index (χ2v) is 6.52. The maximum Gasteiger partial charge on any atom is 0.237 e. The molecule has 5 unspecified atom stereocenters. The normalized spacial score (nSPS) is 41.4. The van der Waals surface area contributed by atoms with E-state index >= 15 is 0 Å². The minimum atomic E-state index is 0.0356. The average molecular weight is 252 g/mol. The summed E-state index contributed by atoms with van der Waals surface area (Å²) in [5.41, 5.74) is 0. The predicted octanol–water partition coefficient (Wildman–Crippen LogP) is 2.32. The number of amides is 1. The van der Waals surface area contributed by atoms with Crippen LogP contribution in [-0.2, 0) is 4.79 Å². The van der Waals surface area contributed by atoms with Crippen LogP contribution in [0.4, 0.5) is 0 Å². The van der Waals surface area contributed by atoms with Gasteiger partial charge in [0.05, 0.1) is 6.04 Å². The molecular formula is C15H28N2O. The molecule has 0 radical (unpaired) electrons. The van der Waals surface area contributed by atoms with Gasteiger partial charge in [-0.25, -0.2) is 0 Å². The van der Waals surface area contributed by atoms with E-state index in [0.29, 0.717) is 12.0 Å². The highest BCUT2D eigenvalue weighted by atomic mass is 16.2. The van der Waals surface area contributed by atoms with E-state index < -0.39 is 0 Å². The van der Waals surface area contributed by atoms with E-state index in [2.05, 4.69) is 31.4 Å². The van der Waals surface area contributed by atoms with E-state index in [1.54, 1.807) is 0 Å². The van der Waals surface area contributed by atoms with Gasteiger partial charge in [0, 0.05) is 6.04 Å². The van der Waals surface area contributed by atoms with Crippen LogP contribution in [0.1, 0.15) is 52.9 Å². The molecule has 5 atom stereocenters. The molecular weight excluding hydrogens is 224 g/mol. The fourth-order valence-corrected chi connectivity index (χ4v) is 3.37. The summed E-state index contributed by atoms with van der Waals surface area (Å²) in [5.74, 6) is 2.25. The summed E-state index contributed by atoms with van der Waals surface area (Å²) in [7, 11) is 0. The molecule has 1 amide bonds. The molecule has 18 heavy (non-hydrogen) atoms. The largest absolute Gasteiger partial charge is 0.352 e. The topological polar surface area (TPSA) is 41.1 Å². The molecule has 1 saturated carbocycles. The molecule has 1 aliphatic carbocycles. The van der Waals surface area contributed by atoms with Gasteiger partial charge >= 0.3 is 0 Å². The summed E-state index contributed by atoms with van der Waals surface area (Å²) in [4.78, 5) is 12.3. The van der Waals surface area contributed by atoms with E-state index in [9.17, 15) is 4.79 Å². The van der Waals surface area contributed by atoms with Gasteiger partial charge in [-0.15, -0.1) is 0 Å². The van der Waals surface area contributed by atoms with Gasteiger partial charge in [0.2, 0.25) is 5.91 Å². The molecule has 104 valence electrons. The maximum atomic E-state index is 12.3. The standard InChI is InChI=1S/C15H28N2O/c1-10-6-7-13(9-12(10)3)17-15(18)14-11(2)5-4-8-16-14/h10-14,16H,4-9H2,1-3H3,(H,17,18). The van der Waals surface area contributed by atoms with Crippen molar-refractivity contribution in [1.82, 2.24) is 10.6 Å². The smallest absolute Gasteiger partial charge is 0.237 e. The first-order valence-electron chi connectivity index (χ1n) is 7.61. The number of hydrogen-bond acceptors (Lipinski definition) is 2. The summed E-state index contributed by atoms with van der Waals surface area (Å²) in [6, 6.07) is 0.438. The van der Waals surface area contributed by atoms with Gasteiger partial charge < -0.3 is 10.6 Å². The van der Waals surface area contributed by atoms with Crippen LogP contribution < -0.4 is 10.6 Å². The van der Waals surface area contributed by atoms with E-state index in [-0.39, 0.29) is 11.9 Å². The minimum Gasteiger partial charge on any atom is -0.352 e. The minimum absolute atomic E-state index is 0.0356. The van der Waals surface area contributed by atoms with Gasteiger partial charge in [0.15, 0.2) is 0 Å². The van der Waals surface area contributed by atoms with Gasteiger partial charge in [0.25, 0.3) is 0 Å². The van der Waals surface area contributed by atoms with Crippen LogP contribution in [0.25, 0.3) is 0 Å². The first kappa shape index (κ1) is 13.9. The lowest BCUT2D eigenvalue weighted by molar-refractivity contribution is -0.126. The molecule has 2 aliphatic rings. The van der Waals surface area contributed by atoms with Crippen LogP contribution in [0.3, 0.4) is 0 Å². The molecule has 1 aliphatic heterocycles. The van der Waals surface area contributed by atoms with E-state index in [1.165, 1.54) is 19.3 Å². The zero-order chi connectivity index (χ0) is 13.1. The van der Waals surface area contributed by atoms with Gasteiger partial charge in [0.1, 0.15) is 0 Å². The van der Waals surface area contributed by atoms with E-state index in [4.69, 9.17) is 0 Å². The highest BCUT2D eigenvalue weighted by Crippen LogP contribution is 2.29. The first-order chi connectivity index (χ1) is 8.58. The third-order valence-electron chi connectivity index (χ3n) is 5.00. The Morgan fingerprint density at radius 1 is 1.06 bits per heavy atom. The van der Waals surface area contributed by atoms with E-state index in [0.717, 1.165) is 31.2 Å². The highest BCUT2D eigenvalue weighted by Gasteiger charge is 2.31. The number of carbonyl (C=O) groups is 1. The fourth-order valence-electron chi connectivity index (χ4n) is 3.37. The van der Waals surface area contributed by atoms with Crippen molar-refractivity contribution in [2.75, 3.05) is 6.54 Å². The highest BCUT2D eigenvalue weighted by molar-refractivity contribution is 5.82. The number of rotatable bonds is 2. The molecule has 2 rings (SSSR count). The molecule has 0 aromatic rings. The zero-order valence-electron chi connectivity index (χ0n) is 12.0. The van der Waals surface area contributed by atoms with Gasteiger partial charge in [-0.3, -0.25) is 4.79 Å². The number of piperidine rings is 1. The van der Waals surface area contributed by atoms with Crippen LogP contribution >= 0.6 is 0 Å². The SMILES string of the molecule is CC1CCC(NC(=O)C2NCCCC2C)CC1C. The lowest BCUT2D eigenvalue weighted by Crippen LogP contribution is -2.53. The fraction of sp³-hybridized carbons (Fsp3) is 0.933. The van der Waals surface area contributed by atoms with Crippen molar-refractivity contribution in [1.29, 1.82) is 0 Å². The summed E-state index contributed by atoms with van der Waals surface area (Å²) in [6.45, 7) is 7.81. The first-order valence-corrected chi connectivity index (χ1v) is 7.61. The molecule has 1 heterocycles. The van der Waals surface area contributed by atoms with Crippen molar-refractivity contribution >= 4 is 5.91 Å². The maximum absolute atomic E-state index is 12.3. The van der Waals surface area contributed by atoms with Crippen molar-refractivity contribution in [2.24, 2.45) is 17.8 Å². The van der Waals surface area contributed by atoms with Gasteiger partial charge in [-0.05, 0) is 56.4 Å². The van der Waals surface area contributed by atoms with Crippen molar-refractivity contribution in [2.45, 2.75) is 65.0 Å². The summed E-state index contributed by atoms with van der Waals surface area (Å²) in [6.07, 6.45) is 5.91. The molecule has 0 spiro atoms. The molecule has 0 bridgehead atoms. The molecule has 2 fully saturated rings. The molecule has 2 N–H and O–H groups in total. The summed E-state index contributed by atoms with van der Waals surface area (Å²) >= 11 is 0. The molecule has 3 heteroatoms. The Hall–Kier alpha value is -0.570. The van der Waals surface area contributed by atoms with Crippen molar-refractivity contribution in [3.63, 3.8) is 0 Å². The Balaban J connectivity index is 1.83. The summed E-state index contributed by atoms with van der Waals surface area (Å²) < 4.78 is 0. The Kier molecular flexibility index (Phi) is 4.66. The molecule has 0 aromatic heterocycles. The monoisotopic (exact) mass is 252 g/mol. The third kappa shape index (κ3) is 3.25. The molecule has 1 saturated heterocycles. The second-order valence-electron chi connectivity index (χ2n) is 6.52. The van der Waals surface area contributed by atoms with Crippen LogP contribution in [0.5, 0.6) is 0 Å². The van der Waals surface area contributed by atoms with Crippen LogP contribution in [0, 0.1) is 17.8 Å². The number of nitrogens with one attached hydrogen (secondary N) is 2. The number of hydrogen-bond donors (Lipinski definition) is 2. The Bertz CT molecular complexity index is 292. The van der Waals surface area contributed by atoms with Crippen LogP contribution in [-0.4, -0.2) is 24.5 Å². The average Bonchev–Trinajstić information content (AvgIpc) is 2.34.